The first-order valence-electron chi connectivity index (χ1n) is 8.48. The lowest BCUT2D eigenvalue weighted by Gasteiger charge is -2.32. The summed E-state index contributed by atoms with van der Waals surface area (Å²) in [4.78, 5) is 23.4. The fourth-order valence-electron chi connectivity index (χ4n) is 3.29. The first-order chi connectivity index (χ1) is 11.3. The van der Waals surface area contributed by atoms with Crippen LogP contribution in [0.5, 0.6) is 0 Å². The molecule has 0 spiro atoms. The summed E-state index contributed by atoms with van der Waals surface area (Å²) in [6.45, 7) is 2.81. The van der Waals surface area contributed by atoms with E-state index < -0.39 is 0 Å². The van der Waals surface area contributed by atoms with E-state index in [-0.39, 0.29) is 5.91 Å². The van der Waals surface area contributed by atoms with E-state index in [9.17, 15) is 4.79 Å². The van der Waals surface area contributed by atoms with Crippen molar-refractivity contribution in [1.82, 2.24) is 14.9 Å². The molecule has 0 radical (unpaired) electrons. The molecule has 3 rings (SSSR count). The zero-order valence-corrected chi connectivity index (χ0v) is 13.6. The third kappa shape index (κ3) is 3.76. The number of amides is 1. The monoisotopic (exact) mass is 309 g/mol. The molecule has 1 heterocycles. The predicted octanol–water partition coefficient (Wildman–Crippen LogP) is 3.82. The number of fused-ring (bicyclic) bond motifs is 1. The number of aromatic nitrogens is 2. The van der Waals surface area contributed by atoms with Crippen LogP contribution in [0.3, 0.4) is 0 Å². The van der Waals surface area contributed by atoms with Crippen molar-refractivity contribution >= 4 is 23.0 Å². The van der Waals surface area contributed by atoms with Crippen LogP contribution in [0.4, 0.5) is 0 Å². The second kappa shape index (κ2) is 7.36. The van der Waals surface area contributed by atoms with Crippen LogP contribution in [0.25, 0.3) is 17.1 Å². The minimum atomic E-state index is 0.0781. The Hall–Kier alpha value is -2.23. The quantitative estimate of drug-likeness (QED) is 0.806. The Labute approximate surface area is 137 Å². The van der Waals surface area contributed by atoms with E-state index in [1.807, 2.05) is 29.2 Å². The van der Waals surface area contributed by atoms with E-state index in [2.05, 4.69) is 16.9 Å². The van der Waals surface area contributed by atoms with Crippen LogP contribution in [0.2, 0.25) is 0 Å². The molecule has 23 heavy (non-hydrogen) atoms. The molecule has 0 aliphatic heterocycles. The summed E-state index contributed by atoms with van der Waals surface area (Å²) in [7, 11) is 0. The summed E-state index contributed by atoms with van der Waals surface area (Å²) in [6.07, 6.45) is 11.1. The number of hydrogen-bond donors (Lipinski definition) is 0. The van der Waals surface area contributed by atoms with Crippen LogP contribution in [-0.4, -0.2) is 33.4 Å². The highest BCUT2D eigenvalue weighted by Crippen LogP contribution is 2.22. The largest absolute Gasteiger partial charge is 0.336 e. The van der Waals surface area contributed by atoms with Crippen molar-refractivity contribution in [3.63, 3.8) is 0 Å². The number of benzene rings is 1. The van der Waals surface area contributed by atoms with Crippen molar-refractivity contribution < 1.29 is 4.79 Å². The number of para-hydroxylation sites is 2. The molecule has 1 aliphatic carbocycles. The molecule has 1 saturated carbocycles. The molecule has 1 aromatic carbocycles. The molecule has 0 N–H and O–H groups in total. The zero-order valence-electron chi connectivity index (χ0n) is 13.6. The van der Waals surface area contributed by atoms with Crippen LogP contribution in [0.15, 0.2) is 36.5 Å². The van der Waals surface area contributed by atoms with E-state index in [1.54, 1.807) is 18.3 Å². The van der Waals surface area contributed by atoms with Gasteiger partial charge in [0, 0.05) is 18.7 Å². The van der Waals surface area contributed by atoms with Crippen molar-refractivity contribution in [3.8, 4) is 0 Å². The molecule has 1 aliphatic rings. The van der Waals surface area contributed by atoms with Crippen LogP contribution in [0, 0.1) is 0 Å². The lowest BCUT2D eigenvalue weighted by molar-refractivity contribution is -0.128. The second-order valence-electron chi connectivity index (χ2n) is 6.03. The number of carbonyl (C=O) groups excluding carboxylic acids is 1. The van der Waals surface area contributed by atoms with Crippen molar-refractivity contribution in [1.29, 1.82) is 0 Å². The molecular weight excluding hydrogens is 286 g/mol. The van der Waals surface area contributed by atoms with Gasteiger partial charge in [0.05, 0.1) is 22.9 Å². The smallest absolute Gasteiger partial charge is 0.246 e. The molecule has 4 heteroatoms. The molecule has 1 amide bonds. The lowest BCUT2D eigenvalue weighted by Crippen LogP contribution is -2.40. The molecule has 1 aromatic heterocycles. The van der Waals surface area contributed by atoms with E-state index in [0.717, 1.165) is 36.1 Å². The third-order valence-electron chi connectivity index (χ3n) is 4.50. The highest BCUT2D eigenvalue weighted by molar-refractivity contribution is 5.92. The van der Waals surface area contributed by atoms with E-state index in [1.165, 1.54) is 19.3 Å². The predicted molar refractivity (Wildman–Crippen MR) is 92.8 cm³/mol. The normalized spacial score (nSPS) is 16.0. The fourth-order valence-corrected chi connectivity index (χ4v) is 3.29. The maximum absolute atomic E-state index is 12.5. The molecular formula is C19H23N3O. The zero-order chi connectivity index (χ0) is 16.1. The van der Waals surface area contributed by atoms with Gasteiger partial charge in [-0.1, -0.05) is 31.4 Å². The van der Waals surface area contributed by atoms with Gasteiger partial charge in [0.15, 0.2) is 0 Å². The standard InChI is InChI=1S/C19H23N3O/c1-2-22(16-8-4-3-5-9-16)19(23)13-12-15-14-20-17-10-6-7-11-18(17)21-15/h6-7,10-14,16H,2-5,8-9H2,1H3/b13-12+. The molecule has 0 unspecified atom stereocenters. The first-order valence-corrected chi connectivity index (χ1v) is 8.48. The Morgan fingerprint density at radius 3 is 2.70 bits per heavy atom. The summed E-state index contributed by atoms with van der Waals surface area (Å²) in [5, 5.41) is 0. The average Bonchev–Trinajstić information content (AvgIpc) is 2.61. The third-order valence-corrected chi connectivity index (χ3v) is 4.50. The summed E-state index contributed by atoms with van der Waals surface area (Å²) in [5.41, 5.74) is 2.44. The molecule has 0 saturated heterocycles. The van der Waals surface area contributed by atoms with Crippen LogP contribution in [0.1, 0.15) is 44.7 Å². The Morgan fingerprint density at radius 2 is 1.96 bits per heavy atom. The highest BCUT2D eigenvalue weighted by Gasteiger charge is 2.22. The van der Waals surface area contributed by atoms with Gasteiger partial charge in [0.25, 0.3) is 0 Å². The summed E-state index contributed by atoms with van der Waals surface area (Å²) in [6, 6.07) is 8.15. The van der Waals surface area contributed by atoms with Gasteiger partial charge in [-0.15, -0.1) is 0 Å². The van der Waals surface area contributed by atoms with E-state index in [0.29, 0.717) is 6.04 Å². The van der Waals surface area contributed by atoms with Gasteiger partial charge in [0.1, 0.15) is 0 Å². The number of hydrogen-bond acceptors (Lipinski definition) is 3. The highest BCUT2D eigenvalue weighted by atomic mass is 16.2. The Bertz CT molecular complexity index is 705. The van der Waals surface area contributed by atoms with Crippen molar-refractivity contribution in [2.45, 2.75) is 45.1 Å². The van der Waals surface area contributed by atoms with Crippen LogP contribution < -0.4 is 0 Å². The minimum absolute atomic E-state index is 0.0781. The van der Waals surface area contributed by atoms with Gasteiger partial charge in [-0.05, 0) is 38.0 Å². The van der Waals surface area contributed by atoms with Crippen molar-refractivity contribution in [2.75, 3.05) is 6.54 Å². The van der Waals surface area contributed by atoms with Gasteiger partial charge in [-0.2, -0.15) is 0 Å². The summed E-state index contributed by atoms with van der Waals surface area (Å²) in [5.74, 6) is 0.0781. The summed E-state index contributed by atoms with van der Waals surface area (Å²) >= 11 is 0. The molecule has 0 bridgehead atoms. The Balaban J connectivity index is 1.72. The van der Waals surface area contributed by atoms with Gasteiger partial charge in [-0.25, -0.2) is 4.98 Å². The minimum Gasteiger partial charge on any atom is -0.336 e. The van der Waals surface area contributed by atoms with Gasteiger partial charge in [-0.3, -0.25) is 9.78 Å². The molecule has 0 atom stereocenters. The van der Waals surface area contributed by atoms with Crippen molar-refractivity contribution in [3.05, 3.63) is 42.2 Å². The number of likely N-dealkylation sites (N-methyl/N-ethyl adjacent to an activating group) is 1. The topological polar surface area (TPSA) is 46.1 Å². The van der Waals surface area contributed by atoms with E-state index >= 15 is 0 Å². The Morgan fingerprint density at radius 1 is 1.22 bits per heavy atom. The maximum atomic E-state index is 12.5. The number of nitrogens with zero attached hydrogens (tertiary/aromatic N) is 3. The van der Waals surface area contributed by atoms with Gasteiger partial charge < -0.3 is 4.90 Å². The van der Waals surface area contributed by atoms with E-state index in [4.69, 9.17) is 0 Å². The van der Waals surface area contributed by atoms with Crippen LogP contribution >= 0.6 is 0 Å². The Kier molecular flexibility index (Phi) is 5.01. The fraction of sp³-hybridized carbons (Fsp3) is 0.421. The first kappa shape index (κ1) is 15.7. The molecule has 4 nitrogen and oxygen atoms in total. The molecule has 2 aromatic rings. The number of carbonyl (C=O) groups is 1. The van der Waals surface area contributed by atoms with Gasteiger partial charge in [0.2, 0.25) is 5.91 Å². The maximum Gasteiger partial charge on any atom is 0.246 e. The SMILES string of the molecule is CCN(C(=O)/C=C/c1cnc2ccccc2n1)C1CCCCC1. The number of rotatable bonds is 4. The van der Waals surface area contributed by atoms with Crippen LogP contribution in [-0.2, 0) is 4.79 Å². The summed E-state index contributed by atoms with van der Waals surface area (Å²) < 4.78 is 0. The molecule has 1 fully saturated rings. The van der Waals surface area contributed by atoms with Crippen molar-refractivity contribution in [2.24, 2.45) is 0 Å². The second-order valence-corrected chi connectivity index (χ2v) is 6.03. The molecule has 120 valence electrons. The lowest BCUT2D eigenvalue weighted by atomic mass is 9.94. The van der Waals surface area contributed by atoms with Gasteiger partial charge >= 0.3 is 0 Å². The average molecular weight is 309 g/mol.